The Morgan fingerprint density at radius 1 is 0.929 bits per heavy atom. The van der Waals surface area contributed by atoms with Gasteiger partial charge in [-0.25, -0.2) is 8.42 Å². The van der Waals surface area contributed by atoms with Crippen LogP contribution in [0.1, 0.15) is 15.9 Å². The molecule has 3 aromatic carbocycles. The topological polar surface area (TPSA) is 86.7 Å². The largest absolute Gasteiger partial charge is 0.545 e. The fourth-order valence-corrected chi connectivity index (χ4v) is 4.26. The third-order valence-corrected chi connectivity index (χ3v) is 5.98. The quantitative estimate of drug-likeness (QED) is 0.612. The molecule has 0 saturated carbocycles. The number of carboxylic acid groups (broad SMARTS) is 1. The van der Waals surface area contributed by atoms with Gasteiger partial charge in [-0.15, -0.1) is 0 Å². The molecule has 3 aromatic rings. The first-order valence-corrected chi connectivity index (χ1v) is 9.88. The molecule has 3 rings (SSSR count). The van der Waals surface area contributed by atoms with Gasteiger partial charge < -0.3 is 14.6 Å². The first-order chi connectivity index (χ1) is 13.4. The van der Waals surface area contributed by atoms with Crippen molar-refractivity contribution in [3.8, 4) is 5.75 Å². The molecular weight excluding hydrogens is 378 g/mol. The molecule has 0 unspecified atom stereocenters. The lowest BCUT2D eigenvalue weighted by Crippen LogP contribution is -2.33. The number of aromatic carboxylic acids is 1. The molecular formula is C21H18NO5S-. The number of carbonyl (C=O) groups is 1. The molecule has 0 spiro atoms. The summed E-state index contributed by atoms with van der Waals surface area (Å²) in [6.45, 7) is -0.0283. The summed E-state index contributed by atoms with van der Waals surface area (Å²) in [5.74, 6) is -0.928. The fraction of sp³-hybridized carbons (Fsp3) is 0.0952. The minimum Gasteiger partial charge on any atom is -0.545 e. The first kappa shape index (κ1) is 19.4. The molecule has 28 heavy (non-hydrogen) atoms. The minimum absolute atomic E-state index is 0.0254. The molecule has 0 N–H and O–H groups in total. The zero-order valence-electron chi connectivity index (χ0n) is 15.1. The molecule has 0 fully saturated rings. The van der Waals surface area contributed by atoms with E-state index in [2.05, 4.69) is 0 Å². The van der Waals surface area contributed by atoms with Gasteiger partial charge in [0.15, 0.2) is 0 Å². The number of rotatable bonds is 7. The number of anilines is 1. The Bertz CT molecular complexity index is 1060. The van der Waals surface area contributed by atoms with E-state index in [0.29, 0.717) is 11.3 Å². The van der Waals surface area contributed by atoms with E-state index in [-0.39, 0.29) is 22.7 Å². The van der Waals surface area contributed by atoms with Gasteiger partial charge in [-0.05, 0) is 35.9 Å². The van der Waals surface area contributed by atoms with Crippen LogP contribution in [0.15, 0.2) is 83.8 Å². The molecule has 0 aliphatic carbocycles. The van der Waals surface area contributed by atoms with Crippen molar-refractivity contribution < 1.29 is 23.1 Å². The second-order valence-corrected chi connectivity index (χ2v) is 7.84. The zero-order chi connectivity index (χ0) is 20.1. The predicted octanol–water partition coefficient (Wildman–Crippen LogP) is 2.45. The predicted molar refractivity (Wildman–Crippen MR) is 104 cm³/mol. The van der Waals surface area contributed by atoms with E-state index in [1.807, 2.05) is 6.07 Å². The van der Waals surface area contributed by atoms with Crippen LogP contribution in [-0.2, 0) is 16.6 Å². The van der Waals surface area contributed by atoms with E-state index in [0.717, 1.165) is 4.31 Å². The molecule has 0 aliphatic heterocycles. The Hall–Kier alpha value is -3.32. The normalized spacial score (nSPS) is 11.0. The summed E-state index contributed by atoms with van der Waals surface area (Å²) in [6, 6.07) is 20.8. The van der Waals surface area contributed by atoms with Crippen molar-refractivity contribution in [2.24, 2.45) is 0 Å². The number of carbonyl (C=O) groups excluding carboxylic acids is 1. The van der Waals surface area contributed by atoms with Gasteiger partial charge in [0.25, 0.3) is 10.0 Å². The van der Waals surface area contributed by atoms with E-state index < -0.39 is 16.0 Å². The van der Waals surface area contributed by atoms with Crippen LogP contribution in [0, 0.1) is 0 Å². The van der Waals surface area contributed by atoms with Gasteiger partial charge in [-0.3, -0.25) is 4.31 Å². The van der Waals surface area contributed by atoms with Crippen LogP contribution in [0.4, 0.5) is 5.69 Å². The summed E-state index contributed by atoms with van der Waals surface area (Å²) in [7, 11) is -2.56. The highest BCUT2D eigenvalue weighted by Crippen LogP contribution is 2.29. The van der Waals surface area contributed by atoms with Gasteiger partial charge in [0.1, 0.15) is 5.75 Å². The summed E-state index contributed by atoms with van der Waals surface area (Å²) in [6.07, 6.45) is 0. The molecule has 144 valence electrons. The van der Waals surface area contributed by atoms with Gasteiger partial charge in [0, 0.05) is 5.56 Å². The van der Waals surface area contributed by atoms with Crippen LogP contribution in [0.2, 0.25) is 0 Å². The van der Waals surface area contributed by atoms with Crippen molar-refractivity contribution in [3.63, 3.8) is 0 Å². The van der Waals surface area contributed by atoms with Crippen LogP contribution in [0.3, 0.4) is 0 Å². The number of carboxylic acids is 1. The SMILES string of the molecule is COc1ccc(S(=O)(=O)N(Cc2ccccc2)c2ccccc2C(=O)[O-])cc1. The Kier molecular flexibility index (Phi) is 5.65. The molecule has 0 atom stereocenters. The van der Waals surface area contributed by atoms with E-state index in [1.54, 1.807) is 30.3 Å². The maximum absolute atomic E-state index is 13.4. The van der Waals surface area contributed by atoms with E-state index in [9.17, 15) is 18.3 Å². The lowest BCUT2D eigenvalue weighted by atomic mass is 10.1. The Morgan fingerprint density at radius 2 is 1.54 bits per heavy atom. The summed E-state index contributed by atoms with van der Waals surface area (Å²) < 4.78 is 32.9. The highest BCUT2D eigenvalue weighted by atomic mass is 32.2. The van der Waals surface area contributed by atoms with Gasteiger partial charge >= 0.3 is 0 Å². The lowest BCUT2D eigenvalue weighted by Gasteiger charge is -2.27. The standard InChI is InChI=1S/C21H19NO5S/c1-27-17-11-13-18(14-12-17)28(25,26)22(15-16-7-3-2-4-8-16)20-10-6-5-9-19(20)21(23)24/h2-14H,15H2,1H3,(H,23,24)/p-1. The molecule has 0 radical (unpaired) electrons. The van der Waals surface area contributed by atoms with Gasteiger partial charge in [-0.1, -0.05) is 48.5 Å². The second kappa shape index (κ2) is 8.14. The molecule has 0 aliphatic rings. The van der Waals surface area contributed by atoms with E-state index in [4.69, 9.17) is 4.74 Å². The van der Waals surface area contributed by atoms with Crippen LogP contribution in [0.5, 0.6) is 5.75 Å². The second-order valence-electron chi connectivity index (χ2n) is 5.98. The average molecular weight is 396 g/mol. The average Bonchev–Trinajstić information content (AvgIpc) is 2.72. The molecule has 0 aromatic heterocycles. The fourth-order valence-electron chi connectivity index (χ4n) is 2.79. The number of para-hydroxylation sites is 1. The van der Waals surface area contributed by atoms with Crippen molar-refractivity contribution in [1.82, 2.24) is 0 Å². The molecule has 0 bridgehead atoms. The van der Waals surface area contributed by atoms with Crippen molar-refractivity contribution in [2.45, 2.75) is 11.4 Å². The summed E-state index contributed by atoms with van der Waals surface area (Å²) in [4.78, 5) is 11.6. The summed E-state index contributed by atoms with van der Waals surface area (Å²) in [5.41, 5.74) is 0.561. The molecule has 0 amide bonds. The van der Waals surface area contributed by atoms with E-state index in [1.165, 1.54) is 49.6 Å². The van der Waals surface area contributed by atoms with E-state index >= 15 is 0 Å². The number of sulfonamides is 1. The summed E-state index contributed by atoms with van der Waals surface area (Å²) in [5, 5.41) is 11.6. The number of benzene rings is 3. The number of nitrogens with zero attached hydrogens (tertiary/aromatic N) is 1. The zero-order valence-corrected chi connectivity index (χ0v) is 15.9. The lowest BCUT2D eigenvalue weighted by molar-refractivity contribution is -0.254. The highest BCUT2D eigenvalue weighted by molar-refractivity contribution is 7.92. The minimum atomic E-state index is -4.05. The Morgan fingerprint density at radius 3 is 2.14 bits per heavy atom. The number of ether oxygens (including phenoxy) is 1. The van der Waals surface area contributed by atoms with Gasteiger partial charge in [0.05, 0.1) is 30.2 Å². The van der Waals surface area contributed by atoms with Gasteiger partial charge in [0.2, 0.25) is 0 Å². The number of hydrogen-bond donors (Lipinski definition) is 0. The van der Waals surface area contributed by atoms with Crippen LogP contribution in [0.25, 0.3) is 0 Å². The third kappa shape index (κ3) is 3.99. The highest BCUT2D eigenvalue weighted by Gasteiger charge is 2.27. The Balaban J connectivity index is 2.14. The van der Waals surface area contributed by atoms with Crippen molar-refractivity contribution in [3.05, 3.63) is 90.0 Å². The van der Waals surface area contributed by atoms with Crippen LogP contribution in [-0.4, -0.2) is 21.5 Å². The maximum atomic E-state index is 13.4. The molecule has 7 heteroatoms. The first-order valence-electron chi connectivity index (χ1n) is 8.44. The van der Waals surface area contributed by atoms with Crippen LogP contribution < -0.4 is 14.1 Å². The molecule has 0 saturated heterocycles. The van der Waals surface area contributed by atoms with Crippen LogP contribution >= 0.6 is 0 Å². The Labute approximate surface area is 163 Å². The van der Waals surface area contributed by atoms with Gasteiger partial charge in [-0.2, -0.15) is 0 Å². The molecule has 6 nitrogen and oxygen atoms in total. The smallest absolute Gasteiger partial charge is 0.264 e. The van der Waals surface area contributed by atoms with Crippen molar-refractivity contribution in [2.75, 3.05) is 11.4 Å². The number of hydrogen-bond acceptors (Lipinski definition) is 5. The molecule has 0 heterocycles. The third-order valence-electron chi connectivity index (χ3n) is 4.21. The summed E-state index contributed by atoms with van der Waals surface area (Å²) >= 11 is 0. The van der Waals surface area contributed by atoms with Crippen molar-refractivity contribution >= 4 is 21.7 Å². The van der Waals surface area contributed by atoms with Crippen molar-refractivity contribution in [1.29, 1.82) is 0 Å². The maximum Gasteiger partial charge on any atom is 0.264 e. The monoisotopic (exact) mass is 396 g/mol. The number of methoxy groups -OCH3 is 1.